The summed E-state index contributed by atoms with van der Waals surface area (Å²) in [6, 6.07) is 7.99. The molecule has 1 atom stereocenters. The van der Waals surface area contributed by atoms with E-state index in [0.717, 1.165) is 30.6 Å². The Labute approximate surface area is 138 Å². The van der Waals surface area contributed by atoms with Crippen LogP contribution in [0.25, 0.3) is 0 Å². The van der Waals surface area contributed by atoms with E-state index in [0.29, 0.717) is 6.04 Å². The molecule has 23 heavy (non-hydrogen) atoms. The number of nitrogens with zero attached hydrogens (tertiary/aromatic N) is 2. The lowest BCUT2D eigenvalue weighted by atomic mass is 10.0. The number of carbonyl (C=O) groups is 2. The first-order valence-electron chi connectivity index (χ1n) is 8.30. The monoisotopic (exact) mass is 317 g/mol. The van der Waals surface area contributed by atoms with Crippen molar-refractivity contribution in [1.82, 2.24) is 9.80 Å². The van der Waals surface area contributed by atoms with Gasteiger partial charge in [0.25, 0.3) is 0 Å². The first kappa shape index (κ1) is 17.5. The number of aryl methyl sites for hydroxylation is 1. The standard InChI is InChI=1S/C18H27N3O2/c1-14-7-9-16(10-8-14)19-17(22)12-20(3)13-18(23)21-11-5-4-6-15(21)2/h7-10,15H,4-6,11-13H2,1-3H3,(H,19,22). The van der Waals surface area contributed by atoms with Crippen molar-refractivity contribution >= 4 is 17.5 Å². The van der Waals surface area contributed by atoms with Crippen LogP contribution in [0.4, 0.5) is 5.69 Å². The van der Waals surface area contributed by atoms with E-state index in [2.05, 4.69) is 12.2 Å². The van der Waals surface area contributed by atoms with E-state index in [4.69, 9.17) is 0 Å². The maximum Gasteiger partial charge on any atom is 0.238 e. The predicted molar refractivity (Wildman–Crippen MR) is 92.3 cm³/mol. The Kier molecular flexibility index (Phi) is 6.16. The molecule has 2 amide bonds. The summed E-state index contributed by atoms with van der Waals surface area (Å²) in [4.78, 5) is 28.1. The van der Waals surface area contributed by atoms with Gasteiger partial charge in [-0.05, 0) is 52.3 Å². The molecule has 0 radical (unpaired) electrons. The average Bonchev–Trinajstić information content (AvgIpc) is 2.49. The second-order valence-electron chi connectivity index (χ2n) is 6.52. The molecule has 0 spiro atoms. The summed E-state index contributed by atoms with van der Waals surface area (Å²) in [6.45, 7) is 5.44. The molecule has 5 heteroatoms. The van der Waals surface area contributed by atoms with E-state index >= 15 is 0 Å². The lowest BCUT2D eigenvalue weighted by molar-refractivity contribution is -0.135. The van der Waals surface area contributed by atoms with E-state index in [9.17, 15) is 9.59 Å². The van der Waals surface area contributed by atoms with Crippen molar-refractivity contribution in [2.45, 2.75) is 39.2 Å². The van der Waals surface area contributed by atoms with Crippen LogP contribution in [0.15, 0.2) is 24.3 Å². The number of hydrogen-bond acceptors (Lipinski definition) is 3. The molecular formula is C18H27N3O2. The molecule has 0 saturated carbocycles. The Morgan fingerprint density at radius 3 is 2.57 bits per heavy atom. The maximum atomic E-state index is 12.3. The average molecular weight is 317 g/mol. The highest BCUT2D eigenvalue weighted by molar-refractivity contribution is 5.92. The summed E-state index contributed by atoms with van der Waals surface area (Å²) in [6.07, 6.45) is 3.34. The Morgan fingerprint density at radius 2 is 1.91 bits per heavy atom. The molecule has 126 valence electrons. The van der Waals surface area contributed by atoms with Gasteiger partial charge in [0.15, 0.2) is 0 Å². The molecule has 1 aliphatic heterocycles. The van der Waals surface area contributed by atoms with Crippen molar-refractivity contribution in [2.75, 3.05) is 32.0 Å². The molecule has 1 aliphatic rings. The van der Waals surface area contributed by atoms with E-state index in [1.807, 2.05) is 36.1 Å². The highest BCUT2D eigenvalue weighted by Gasteiger charge is 2.24. The summed E-state index contributed by atoms with van der Waals surface area (Å²) in [7, 11) is 1.81. The number of likely N-dealkylation sites (N-methyl/N-ethyl adjacent to an activating group) is 1. The number of likely N-dealkylation sites (tertiary alicyclic amines) is 1. The molecule has 1 N–H and O–H groups in total. The lowest BCUT2D eigenvalue weighted by Crippen LogP contribution is -2.47. The number of amides is 2. The van der Waals surface area contributed by atoms with E-state index in [1.54, 1.807) is 11.9 Å². The number of nitrogens with one attached hydrogen (secondary N) is 1. The molecule has 1 aromatic rings. The third-order valence-electron chi connectivity index (χ3n) is 4.28. The first-order chi connectivity index (χ1) is 11.0. The molecule has 0 aromatic heterocycles. The number of anilines is 1. The fourth-order valence-corrected chi connectivity index (χ4v) is 2.93. The smallest absolute Gasteiger partial charge is 0.238 e. The van der Waals surface area contributed by atoms with Gasteiger partial charge in [-0.2, -0.15) is 0 Å². The highest BCUT2D eigenvalue weighted by atomic mass is 16.2. The summed E-state index contributed by atoms with van der Waals surface area (Å²) in [5.41, 5.74) is 1.94. The number of rotatable bonds is 5. The van der Waals surface area contributed by atoms with Gasteiger partial charge in [0.05, 0.1) is 13.1 Å². The van der Waals surface area contributed by atoms with Crippen molar-refractivity contribution in [3.63, 3.8) is 0 Å². The van der Waals surface area contributed by atoms with Crippen molar-refractivity contribution in [1.29, 1.82) is 0 Å². The van der Waals surface area contributed by atoms with Crippen LogP contribution in [-0.4, -0.2) is 54.3 Å². The molecule has 1 saturated heterocycles. The molecule has 0 aliphatic carbocycles. The quantitative estimate of drug-likeness (QED) is 0.906. The summed E-state index contributed by atoms with van der Waals surface area (Å²) in [5, 5.41) is 2.86. The molecule has 1 unspecified atom stereocenters. The van der Waals surface area contributed by atoms with Crippen LogP contribution in [0, 0.1) is 6.92 Å². The lowest BCUT2D eigenvalue weighted by Gasteiger charge is -2.34. The van der Waals surface area contributed by atoms with Gasteiger partial charge in [0.2, 0.25) is 11.8 Å². The number of piperidine rings is 1. The zero-order valence-corrected chi connectivity index (χ0v) is 14.3. The number of hydrogen-bond donors (Lipinski definition) is 1. The van der Waals surface area contributed by atoms with Crippen molar-refractivity contribution < 1.29 is 9.59 Å². The van der Waals surface area contributed by atoms with Gasteiger partial charge in [0, 0.05) is 18.3 Å². The van der Waals surface area contributed by atoms with Crippen LogP contribution in [0.2, 0.25) is 0 Å². The normalized spacial score (nSPS) is 18.1. The minimum absolute atomic E-state index is 0.101. The predicted octanol–water partition coefficient (Wildman–Crippen LogP) is 2.27. The highest BCUT2D eigenvalue weighted by Crippen LogP contribution is 2.16. The topological polar surface area (TPSA) is 52.7 Å². The SMILES string of the molecule is Cc1ccc(NC(=O)CN(C)CC(=O)N2CCCCC2C)cc1. The van der Waals surface area contributed by atoms with Crippen LogP contribution in [0.5, 0.6) is 0 Å². The molecular weight excluding hydrogens is 290 g/mol. The van der Waals surface area contributed by atoms with E-state index < -0.39 is 0 Å². The Morgan fingerprint density at radius 1 is 1.22 bits per heavy atom. The summed E-state index contributed by atoms with van der Waals surface area (Å²) >= 11 is 0. The fraction of sp³-hybridized carbons (Fsp3) is 0.556. The molecule has 5 nitrogen and oxygen atoms in total. The van der Waals surface area contributed by atoms with Crippen LogP contribution in [-0.2, 0) is 9.59 Å². The molecule has 1 heterocycles. The number of benzene rings is 1. The Bertz CT molecular complexity index is 542. The van der Waals surface area contributed by atoms with Crippen LogP contribution < -0.4 is 5.32 Å². The second kappa shape index (κ2) is 8.11. The minimum Gasteiger partial charge on any atom is -0.339 e. The fourth-order valence-electron chi connectivity index (χ4n) is 2.93. The third-order valence-corrected chi connectivity index (χ3v) is 4.28. The van der Waals surface area contributed by atoms with Gasteiger partial charge in [-0.1, -0.05) is 17.7 Å². The maximum absolute atomic E-state index is 12.3. The zero-order valence-electron chi connectivity index (χ0n) is 14.3. The molecule has 1 fully saturated rings. The second-order valence-corrected chi connectivity index (χ2v) is 6.52. The Balaban J connectivity index is 1.79. The van der Waals surface area contributed by atoms with Gasteiger partial charge >= 0.3 is 0 Å². The van der Waals surface area contributed by atoms with Gasteiger partial charge in [-0.15, -0.1) is 0 Å². The van der Waals surface area contributed by atoms with Gasteiger partial charge in [0.1, 0.15) is 0 Å². The largest absolute Gasteiger partial charge is 0.339 e. The summed E-state index contributed by atoms with van der Waals surface area (Å²) < 4.78 is 0. The van der Waals surface area contributed by atoms with E-state index in [-0.39, 0.29) is 24.9 Å². The molecule has 0 bridgehead atoms. The number of carbonyl (C=O) groups excluding carboxylic acids is 2. The molecule has 1 aromatic carbocycles. The summed E-state index contributed by atoms with van der Waals surface area (Å²) in [5.74, 6) is 0.0127. The van der Waals surface area contributed by atoms with E-state index in [1.165, 1.54) is 6.42 Å². The Hall–Kier alpha value is -1.88. The molecule has 2 rings (SSSR count). The van der Waals surface area contributed by atoms with Crippen molar-refractivity contribution in [3.05, 3.63) is 29.8 Å². The zero-order chi connectivity index (χ0) is 16.8. The minimum atomic E-state index is -0.101. The van der Waals surface area contributed by atoms with Crippen LogP contribution in [0.3, 0.4) is 0 Å². The van der Waals surface area contributed by atoms with Gasteiger partial charge in [-0.3, -0.25) is 14.5 Å². The van der Waals surface area contributed by atoms with Crippen LogP contribution >= 0.6 is 0 Å². The first-order valence-corrected chi connectivity index (χ1v) is 8.30. The van der Waals surface area contributed by atoms with Gasteiger partial charge < -0.3 is 10.2 Å². The van der Waals surface area contributed by atoms with Crippen molar-refractivity contribution in [2.24, 2.45) is 0 Å². The van der Waals surface area contributed by atoms with Crippen LogP contribution in [0.1, 0.15) is 31.7 Å². The van der Waals surface area contributed by atoms with Crippen molar-refractivity contribution in [3.8, 4) is 0 Å². The third kappa shape index (κ3) is 5.36. The van der Waals surface area contributed by atoms with Gasteiger partial charge in [-0.25, -0.2) is 0 Å².